The molecule has 1 heterocycles. The van der Waals surface area contributed by atoms with Crippen molar-refractivity contribution >= 4 is 5.91 Å². The van der Waals surface area contributed by atoms with Crippen molar-refractivity contribution < 1.29 is 18.0 Å². The molecule has 1 amide bonds. The molecule has 82 valence electrons. The summed E-state index contributed by atoms with van der Waals surface area (Å²) in [5.41, 5.74) is 0.829. The van der Waals surface area contributed by atoms with Gasteiger partial charge in [0.2, 0.25) is 0 Å². The number of hydrogen-bond acceptors (Lipinski definition) is 2. The second kappa shape index (κ2) is 4.00. The monoisotopic (exact) mass is 215 g/mol. The Morgan fingerprint density at radius 2 is 2.40 bits per heavy atom. The Kier molecular flexibility index (Phi) is 2.70. The molecule has 2 rings (SSSR count). The van der Waals surface area contributed by atoms with Gasteiger partial charge in [0.05, 0.1) is 12.3 Å². The van der Waals surface area contributed by atoms with Crippen LogP contribution in [0.1, 0.15) is 30.2 Å². The fourth-order valence-electron chi connectivity index (χ4n) is 1.87. The summed E-state index contributed by atoms with van der Waals surface area (Å²) in [5, 5.41) is 2.31. The van der Waals surface area contributed by atoms with Crippen LogP contribution in [0.2, 0.25) is 0 Å². The van der Waals surface area contributed by atoms with Gasteiger partial charge in [-0.05, 0) is 18.9 Å². The third kappa shape index (κ3) is 2.00. The summed E-state index contributed by atoms with van der Waals surface area (Å²) in [6, 6.07) is 1.40. The van der Waals surface area contributed by atoms with Gasteiger partial charge >= 0.3 is 6.43 Å². The number of halogens is 2. The smallest absolute Gasteiger partial charge is 0.315 e. The van der Waals surface area contributed by atoms with Crippen LogP contribution in [0.5, 0.6) is 0 Å². The summed E-state index contributed by atoms with van der Waals surface area (Å²) in [4.78, 5) is 10.9. The normalized spacial score (nSPS) is 20.1. The lowest BCUT2D eigenvalue weighted by Crippen LogP contribution is -2.34. The topological polar surface area (TPSA) is 42.2 Å². The van der Waals surface area contributed by atoms with Crippen molar-refractivity contribution in [1.82, 2.24) is 5.32 Å². The van der Waals surface area contributed by atoms with Crippen molar-refractivity contribution in [3.8, 4) is 0 Å². The second-order valence-electron chi connectivity index (χ2n) is 3.55. The Morgan fingerprint density at radius 1 is 1.60 bits per heavy atom. The Morgan fingerprint density at radius 3 is 3.13 bits per heavy atom. The molecule has 1 aromatic rings. The Hall–Kier alpha value is -1.39. The molecule has 1 unspecified atom stereocenters. The number of hydrogen-bond donors (Lipinski definition) is 1. The fraction of sp³-hybridized carbons (Fsp3) is 0.500. The van der Waals surface area contributed by atoms with Crippen LogP contribution in [0.25, 0.3) is 0 Å². The molecule has 1 aliphatic rings. The van der Waals surface area contributed by atoms with Crippen LogP contribution in [0.4, 0.5) is 8.78 Å². The average molecular weight is 215 g/mol. The van der Waals surface area contributed by atoms with Crippen molar-refractivity contribution in [2.24, 2.45) is 0 Å². The van der Waals surface area contributed by atoms with E-state index in [1.807, 2.05) is 0 Å². The van der Waals surface area contributed by atoms with Gasteiger partial charge in [0.1, 0.15) is 5.76 Å². The predicted octanol–water partition coefficient (Wildman–Crippen LogP) is 2.04. The first kappa shape index (κ1) is 10.1. The molecule has 1 aliphatic carbocycles. The summed E-state index contributed by atoms with van der Waals surface area (Å²) in [7, 11) is 0. The molecule has 0 radical (unpaired) electrons. The maximum absolute atomic E-state index is 12.0. The van der Waals surface area contributed by atoms with Gasteiger partial charge in [-0.1, -0.05) is 0 Å². The Bertz CT molecular complexity index is 362. The molecule has 0 aliphatic heterocycles. The van der Waals surface area contributed by atoms with Crippen LogP contribution in [0, 0.1) is 0 Å². The number of furan rings is 1. The molecule has 0 saturated heterocycles. The fourth-order valence-corrected chi connectivity index (χ4v) is 1.87. The van der Waals surface area contributed by atoms with Gasteiger partial charge in [0.25, 0.3) is 5.91 Å². The van der Waals surface area contributed by atoms with Gasteiger partial charge in [-0.15, -0.1) is 0 Å². The van der Waals surface area contributed by atoms with Gasteiger partial charge in [-0.25, -0.2) is 0 Å². The molecule has 0 bridgehead atoms. The molecule has 0 aromatic carbocycles. The lowest BCUT2D eigenvalue weighted by atomic mass is 9.93. The Labute approximate surface area is 85.5 Å². The SMILES string of the molecule is O=C(NC1CCCc2occc21)C(F)F. The number of fused-ring (bicyclic) bond motifs is 1. The molecular weight excluding hydrogens is 204 g/mol. The highest BCUT2D eigenvalue weighted by molar-refractivity contribution is 5.79. The van der Waals surface area contributed by atoms with E-state index in [0.29, 0.717) is 6.42 Å². The molecular formula is C10H11F2NO2. The molecule has 1 atom stereocenters. The first-order valence-electron chi connectivity index (χ1n) is 4.83. The molecule has 0 fully saturated rings. The zero-order valence-corrected chi connectivity index (χ0v) is 8.00. The van der Waals surface area contributed by atoms with Crippen LogP contribution in [-0.2, 0) is 11.2 Å². The minimum atomic E-state index is -2.96. The van der Waals surface area contributed by atoms with E-state index in [1.165, 1.54) is 6.26 Å². The average Bonchev–Trinajstić information content (AvgIpc) is 2.66. The van der Waals surface area contributed by atoms with E-state index in [2.05, 4.69) is 5.32 Å². The largest absolute Gasteiger partial charge is 0.469 e. The number of alkyl halides is 2. The lowest BCUT2D eigenvalue weighted by molar-refractivity contribution is -0.132. The zero-order valence-electron chi connectivity index (χ0n) is 8.00. The summed E-state index contributed by atoms with van der Waals surface area (Å²) >= 11 is 0. The van der Waals surface area contributed by atoms with Gasteiger partial charge in [-0.2, -0.15) is 8.78 Å². The van der Waals surface area contributed by atoms with E-state index in [-0.39, 0.29) is 6.04 Å². The molecule has 1 N–H and O–H groups in total. The van der Waals surface area contributed by atoms with E-state index in [0.717, 1.165) is 24.2 Å². The highest BCUT2D eigenvalue weighted by Gasteiger charge is 2.26. The van der Waals surface area contributed by atoms with E-state index in [4.69, 9.17) is 4.42 Å². The third-order valence-electron chi connectivity index (χ3n) is 2.57. The van der Waals surface area contributed by atoms with E-state index >= 15 is 0 Å². The van der Waals surface area contributed by atoms with Crippen molar-refractivity contribution in [2.45, 2.75) is 31.7 Å². The Balaban J connectivity index is 2.10. The van der Waals surface area contributed by atoms with Gasteiger partial charge in [0, 0.05) is 12.0 Å². The summed E-state index contributed by atoms with van der Waals surface area (Å²) in [6.07, 6.45) is 0.905. The quantitative estimate of drug-likeness (QED) is 0.820. The minimum Gasteiger partial charge on any atom is -0.469 e. The number of aryl methyl sites for hydroxylation is 1. The third-order valence-corrected chi connectivity index (χ3v) is 2.57. The van der Waals surface area contributed by atoms with Crippen LogP contribution in [0.15, 0.2) is 16.7 Å². The highest BCUT2D eigenvalue weighted by atomic mass is 19.3. The van der Waals surface area contributed by atoms with E-state index in [9.17, 15) is 13.6 Å². The molecule has 5 heteroatoms. The van der Waals surface area contributed by atoms with Gasteiger partial charge in [-0.3, -0.25) is 4.79 Å². The molecule has 3 nitrogen and oxygen atoms in total. The van der Waals surface area contributed by atoms with E-state index in [1.54, 1.807) is 6.07 Å². The molecule has 0 spiro atoms. The summed E-state index contributed by atoms with van der Waals surface area (Å²) < 4.78 is 29.3. The predicted molar refractivity (Wildman–Crippen MR) is 48.5 cm³/mol. The lowest BCUT2D eigenvalue weighted by Gasteiger charge is -2.22. The zero-order chi connectivity index (χ0) is 10.8. The number of nitrogens with one attached hydrogen (secondary N) is 1. The van der Waals surface area contributed by atoms with Crippen molar-refractivity contribution in [3.63, 3.8) is 0 Å². The highest BCUT2D eigenvalue weighted by Crippen LogP contribution is 2.30. The minimum absolute atomic E-state index is 0.325. The molecule has 1 aromatic heterocycles. The van der Waals surface area contributed by atoms with Gasteiger partial charge in [0.15, 0.2) is 0 Å². The van der Waals surface area contributed by atoms with Crippen LogP contribution >= 0.6 is 0 Å². The van der Waals surface area contributed by atoms with Crippen molar-refractivity contribution in [3.05, 3.63) is 23.7 Å². The number of rotatable bonds is 2. The van der Waals surface area contributed by atoms with Crippen molar-refractivity contribution in [2.75, 3.05) is 0 Å². The van der Waals surface area contributed by atoms with Crippen molar-refractivity contribution in [1.29, 1.82) is 0 Å². The first-order chi connectivity index (χ1) is 7.18. The maximum Gasteiger partial charge on any atom is 0.315 e. The standard InChI is InChI=1S/C10H11F2NO2/c11-9(12)10(14)13-7-2-1-3-8-6(7)4-5-15-8/h4-5,7,9H,1-3H2,(H,13,14). The molecule has 0 saturated carbocycles. The van der Waals surface area contributed by atoms with Crippen LogP contribution < -0.4 is 5.32 Å². The maximum atomic E-state index is 12.0. The van der Waals surface area contributed by atoms with Crippen LogP contribution in [0.3, 0.4) is 0 Å². The summed E-state index contributed by atoms with van der Waals surface area (Å²) in [6.45, 7) is 0. The molecule has 15 heavy (non-hydrogen) atoms. The number of carbonyl (C=O) groups excluding carboxylic acids is 1. The second-order valence-corrected chi connectivity index (χ2v) is 3.55. The number of carbonyl (C=O) groups is 1. The van der Waals surface area contributed by atoms with Gasteiger partial charge < -0.3 is 9.73 Å². The van der Waals surface area contributed by atoms with Crippen LogP contribution in [-0.4, -0.2) is 12.3 Å². The number of amides is 1. The first-order valence-corrected chi connectivity index (χ1v) is 4.83. The summed E-state index contributed by atoms with van der Waals surface area (Å²) in [5.74, 6) is -0.421. The van der Waals surface area contributed by atoms with E-state index < -0.39 is 12.3 Å².